The number of nitrogens with zero attached hydrogens (tertiary/aromatic N) is 5. The number of oxazole rings is 1. The fourth-order valence-electron chi connectivity index (χ4n) is 5.64. The minimum Gasteiger partial charge on any atom is -0.497 e. The number of hydrogen-bond acceptors (Lipinski definition) is 10. The first-order chi connectivity index (χ1) is 21.6. The zero-order chi connectivity index (χ0) is 31.9. The summed E-state index contributed by atoms with van der Waals surface area (Å²) < 4.78 is 51.1. The molecule has 1 atom stereocenters. The quantitative estimate of drug-likeness (QED) is 0.241. The van der Waals surface area contributed by atoms with Crippen LogP contribution in [-0.2, 0) is 29.5 Å². The lowest BCUT2D eigenvalue weighted by Crippen LogP contribution is -2.35. The van der Waals surface area contributed by atoms with Crippen molar-refractivity contribution in [2.45, 2.75) is 37.4 Å². The zero-order valence-corrected chi connectivity index (χ0v) is 26.2. The predicted octanol–water partition coefficient (Wildman–Crippen LogP) is 4.50. The van der Waals surface area contributed by atoms with Gasteiger partial charge in [-0.15, -0.1) is 0 Å². The predicted molar refractivity (Wildman–Crippen MR) is 166 cm³/mol. The molecule has 0 radical (unpaired) electrons. The van der Waals surface area contributed by atoms with Crippen molar-refractivity contribution in [2.75, 3.05) is 25.1 Å². The molecule has 1 N–H and O–H groups in total. The monoisotopic (exact) mass is 651 g/mol. The van der Waals surface area contributed by atoms with Crippen LogP contribution in [0.1, 0.15) is 35.2 Å². The van der Waals surface area contributed by atoms with Crippen molar-refractivity contribution in [3.8, 4) is 11.5 Å². The summed E-state index contributed by atoms with van der Waals surface area (Å²) in [6.07, 6.45) is 0.837. The van der Waals surface area contributed by atoms with E-state index in [1.165, 1.54) is 48.2 Å². The normalized spacial score (nSPS) is 13.8. The lowest BCUT2D eigenvalue weighted by atomic mass is 9.91. The third-order valence-electron chi connectivity index (χ3n) is 7.96. The van der Waals surface area contributed by atoms with Gasteiger partial charge in [0.05, 0.1) is 37.2 Å². The summed E-state index contributed by atoms with van der Waals surface area (Å²) in [4.78, 5) is 30.3. The molecule has 5 aromatic rings. The molecule has 6 rings (SSSR count). The molecular weight excluding hydrogens is 622 g/mol. The molecule has 1 amide bonds. The molecule has 0 bridgehead atoms. The van der Waals surface area contributed by atoms with Crippen molar-refractivity contribution in [1.29, 1.82) is 0 Å². The molecule has 0 fully saturated rings. The van der Waals surface area contributed by atoms with E-state index in [4.69, 9.17) is 13.9 Å². The zero-order valence-electron chi connectivity index (χ0n) is 24.5. The highest BCUT2D eigenvalue weighted by molar-refractivity contribution is 7.93. The lowest BCUT2D eigenvalue weighted by Gasteiger charge is -2.29. The van der Waals surface area contributed by atoms with Gasteiger partial charge in [0.15, 0.2) is 5.58 Å². The van der Waals surface area contributed by atoms with Gasteiger partial charge in [0.1, 0.15) is 17.8 Å². The third-order valence-corrected chi connectivity index (χ3v) is 10.5. The number of benzene rings is 3. The van der Waals surface area contributed by atoms with Crippen molar-refractivity contribution in [3.63, 3.8) is 0 Å². The number of fused-ring (bicyclic) bond motifs is 2. The van der Waals surface area contributed by atoms with E-state index in [-0.39, 0.29) is 28.7 Å². The van der Waals surface area contributed by atoms with Gasteiger partial charge in [-0.1, -0.05) is 18.2 Å². The highest BCUT2D eigenvalue weighted by Crippen LogP contribution is 2.34. The molecule has 234 valence electrons. The fourth-order valence-corrected chi connectivity index (χ4v) is 7.79. The highest BCUT2D eigenvalue weighted by Gasteiger charge is 2.31. The standard InChI is InChI=1S/C30H29N5O8S2/c1-18(23-6-4-5-19-11-12-33(29(36)37)16-24(19)23)35-25-10-9-22(14-27(25)43-30(35)38)45(39,40)34(28-31-17-32-44-28)15-20-7-8-21(41-2)13-26(20)42-3/h4-10,13-14,17-18H,11-12,15-16H2,1-3H3,(H,36,37)/t18-/m1/s1. The second kappa shape index (κ2) is 11.9. The Morgan fingerprint density at radius 1 is 1.16 bits per heavy atom. The Kier molecular flexibility index (Phi) is 7.97. The van der Waals surface area contributed by atoms with Crippen LogP contribution in [0.2, 0.25) is 0 Å². The summed E-state index contributed by atoms with van der Waals surface area (Å²) in [5, 5.41) is 9.71. The molecule has 3 aromatic carbocycles. The number of amides is 1. The first-order valence-electron chi connectivity index (χ1n) is 13.9. The van der Waals surface area contributed by atoms with Gasteiger partial charge in [0, 0.05) is 42.3 Å². The van der Waals surface area contributed by atoms with Gasteiger partial charge in [-0.25, -0.2) is 27.3 Å². The van der Waals surface area contributed by atoms with E-state index in [2.05, 4.69) is 9.36 Å². The van der Waals surface area contributed by atoms with Gasteiger partial charge in [-0.05, 0) is 54.3 Å². The van der Waals surface area contributed by atoms with Gasteiger partial charge < -0.3 is 23.9 Å². The number of carboxylic acid groups (broad SMARTS) is 1. The van der Waals surface area contributed by atoms with Gasteiger partial charge in [-0.2, -0.15) is 4.37 Å². The van der Waals surface area contributed by atoms with Crippen molar-refractivity contribution < 1.29 is 32.2 Å². The lowest BCUT2D eigenvalue weighted by molar-refractivity contribution is 0.139. The van der Waals surface area contributed by atoms with Crippen LogP contribution in [0.25, 0.3) is 11.1 Å². The summed E-state index contributed by atoms with van der Waals surface area (Å²) in [5.74, 6) is 0.316. The Hall–Kier alpha value is -4.89. The Bertz CT molecular complexity index is 2060. The molecule has 13 nitrogen and oxygen atoms in total. The second-order valence-electron chi connectivity index (χ2n) is 10.4. The average molecular weight is 652 g/mol. The SMILES string of the molecule is COc1ccc(CN(c2ncns2)S(=O)(=O)c2ccc3c(c2)oc(=O)n3[C@H](C)c2cccc3c2CN(C(=O)O)CC3)c(OC)c1. The maximum absolute atomic E-state index is 14.1. The summed E-state index contributed by atoms with van der Waals surface area (Å²) in [7, 11) is -1.23. The van der Waals surface area contributed by atoms with Crippen LogP contribution in [0.15, 0.2) is 75.0 Å². The molecule has 45 heavy (non-hydrogen) atoms. The largest absolute Gasteiger partial charge is 0.497 e. The number of rotatable bonds is 9. The van der Waals surface area contributed by atoms with Crippen molar-refractivity contribution in [1.82, 2.24) is 18.8 Å². The van der Waals surface area contributed by atoms with Crippen LogP contribution in [-0.4, -0.2) is 59.2 Å². The molecule has 1 aliphatic heterocycles. The van der Waals surface area contributed by atoms with Crippen molar-refractivity contribution in [2.24, 2.45) is 0 Å². The highest BCUT2D eigenvalue weighted by atomic mass is 32.2. The average Bonchev–Trinajstić information content (AvgIpc) is 3.69. The number of carbonyl (C=O) groups is 1. The molecular formula is C30H29N5O8S2. The van der Waals surface area contributed by atoms with Gasteiger partial charge in [0.2, 0.25) is 5.13 Å². The molecule has 0 unspecified atom stereocenters. The van der Waals surface area contributed by atoms with Crippen LogP contribution >= 0.6 is 11.5 Å². The van der Waals surface area contributed by atoms with E-state index in [0.717, 1.165) is 32.5 Å². The number of methoxy groups -OCH3 is 2. The van der Waals surface area contributed by atoms with E-state index in [9.17, 15) is 23.1 Å². The third kappa shape index (κ3) is 5.48. The number of aromatic nitrogens is 3. The van der Waals surface area contributed by atoms with Crippen molar-refractivity contribution >= 4 is 43.9 Å². The van der Waals surface area contributed by atoms with E-state index in [0.29, 0.717) is 35.5 Å². The van der Waals surface area contributed by atoms with Gasteiger partial charge >= 0.3 is 11.8 Å². The maximum Gasteiger partial charge on any atom is 0.420 e. The Balaban J connectivity index is 1.38. The number of ether oxygens (including phenoxy) is 2. The molecule has 3 heterocycles. The topological polar surface area (TPSA) is 157 Å². The minimum atomic E-state index is -4.23. The summed E-state index contributed by atoms with van der Waals surface area (Å²) in [6, 6.07) is 14.5. The summed E-state index contributed by atoms with van der Waals surface area (Å²) in [6.45, 7) is 2.32. The van der Waals surface area contributed by atoms with Gasteiger partial charge in [-0.3, -0.25) is 4.57 Å². The Labute approximate surface area is 262 Å². The molecule has 0 spiro atoms. The van der Waals surface area contributed by atoms with E-state index in [1.807, 2.05) is 25.1 Å². The smallest absolute Gasteiger partial charge is 0.420 e. The molecule has 0 saturated heterocycles. The molecule has 0 saturated carbocycles. The van der Waals surface area contributed by atoms with Crippen molar-refractivity contribution in [3.05, 3.63) is 93.7 Å². The van der Waals surface area contributed by atoms with Crippen LogP contribution < -0.4 is 19.5 Å². The molecule has 2 aromatic heterocycles. The molecule has 1 aliphatic rings. The number of anilines is 1. The number of sulfonamides is 1. The first-order valence-corrected chi connectivity index (χ1v) is 16.1. The molecule has 15 heteroatoms. The number of hydrogen-bond donors (Lipinski definition) is 1. The fraction of sp³-hybridized carbons (Fsp3) is 0.267. The minimum absolute atomic E-state index is 0.0872. The Morgan fingerprint density at radius 3 is 2.69 bits per heavy atom. The first kappa shape index (κ1) is 30.1. The van der Waals surface area contributed by atoms with Crippen LogP contribution in [0.4, 0.5) is 9.93 Å². The second-order valence-corrected chi connectivity index (χ2v) is 13.0. The molecule has 0 aliphatic carbocycles. The summed E-state index contributed by atoms with van der Waals surface area (Å²) >= 11 is 0.920. The van der Waals surface area contributed by atoms with Crippen LogP contribution in [0.5, 0.6) is 11.5 Å². The van der Waals surface area contributed by atoms with Crippen LogP contribution in [0.3, 0.4) is 0 Å². The summed E-state index contributed by atoms with van der Waals surface area (Å²) in [5.41, 5.74) is 3.71. The van der Waals surface area contributed by atoms with E-state index < -0.39 is 27.9 Å². The van der Waals surface area contributed by atoms with E-state index in [1.54, 1.807) is 18.2 Å². The Morgan fingerprint density at radius 2 is 1.98 bits per heavy atom. The maximum atomic E-state index is 14.1. The van der Waals surface area contributed by atoms with Gasteiger partial charge in [0.25, 0.3) is 10.0 Å². The van der Waals surface area contributed by atoms with Crippen LogP contribution in [0, 0.1) is 0 Å². The van der Waals surface area contributed by atoms with E-state index >= 15 is 0 Å².